The maximum Gasteiger partial charge on any atom is 0.265 e. The van der Waals surface area contributed by atoms with Crippen molar-refractivity contribution in [3.8, 4) is 5.75 Å². The molecule has 1 aliphatic heterocycles. The molecular weight excluding hydrogens is 376 g/mol. The number of amides is 2. The molecular formula is C21H24N2O4S. The van der Waals surface area contributed by atoms with Gasteiger partial charge in [-0.1, -0.05) is 12.1 Å². The molecule has 1 saturated carbocycles. The van der Waals surface area contributed by atoms with E-state index in [0.29, 0.717) is 27.9 Å². The van der Waals surface area contributed by atoms with Crippen LogP contribution in [0.2, 0.25) is 0 Å². The van der Waals surface area contributed by atoms with E-state index < -0.39 is 0 Å². The molecule has 2 N–H and O–H groups in total. The van der Waals surface area contributed by atoms with Gasteiger partial charge in [-0.2, -0.15) is 0 Å². The Hall–Kier alpha value is -2.38. The molecule has 4 rings (SSSR count). The zero-order valence-electron chi connectivity index (χ0n) is 15.6. The van der Waals surface area contributed by atoms with Crippen LogP contribution < -0.4 is 15.4 Å². The first-order chi connectivity index (χ1) is 13.7. The van der Waals surface area contributed by atoms with Crippen LogP contribution in [0.15, 0.2) is 36.4 Å². The van der Waals surface area contributed by atoms with E-state index >= 15 is 0 Å². The van der Waals surface area contributed by atoms with Gasteiger partial charge in [0, 0.05) is 12.5 Å². The molecule has 28 heavy (non-hydrogen) atoms. The second-order valence-corrected chi connectivity index (χ2v) is 8.26. The number of carbonyl (C=O) groups excluding carboxylic acids is 2. The average molecular weight is 401 g/mol. The molecule has 2 aliphatic rings. The van der Waals surface area contributed by atoms with E-state index in [1.54, 1.807) is 12.1 Å². The summed E-state index contributed by atoms with van der Waals surface area (Å²) in [6.07, 6.45) is 5.27. The Bertz CT molecular complexity index is 840. The number of benzene rings is 1. The van der Waals surface area contributed by atoms with Gasteiger partial charge in [-0.25, -0.2) is 0 Å². The average Bonchev–Trinajstić information content (AvgIpc) is 3.47. The first-order valence-electron chi connectivity index (χ1n) is 9.74. The summed E-state index contributed by atoms with van der Waals surface area (Å²) >= 11 is 1.27. The molecule has 0 spiro atoms. The molecule has 7 heteroatoms. The highest BCUT2D eigenvalue weighted by molar-refractivity contribution is 7.18. The van der Waals surface area contributed by atoms with Gasteiger partial charge < -0.3 is 20.1 Å². The van der Waals surface area contributed by atoms with E-state index in [-0.39, 0.29) is 23.8 Å². The third kappa shape index (κ3) is 4.91. The Kier molecular flexibility index (Phi) is 5.92. The highest BCUT2D eigenvalue weighted by atomic mass is 32.1. The first kappa shape index (κ1) is 19.0. The molecule has 1 aromatic heterocycles. The van der Waals surface area contributed by atoms with Crippen LogP contribution in [-0.2, 0) is 9.53 Å². The van der Waals surface area contributed by atoms with Crippen molar-refractivity contribution in [2.75, 3.05) is 23.8 Å². The maximum atomic E-state index is 12.6. The summed E-state index contributed by atoms with van der Waals surface area (Å²) in [5, 5.41) is 6.48. The van der Waals surface area contributed by atoms with Crippen molar-refractivity contribution < 1.29 is 19.1 Å². The van der Waals surface area contributed by atoms with Crippen LogP contribution in [-0.4, -0.2) is 31.1 Å². The Morgan fingerprint density at radius 2 is 1.93 bits per heavy atom. The largest absolute Gasteiger partial charge is 0.489 e. The Labute approximate surface area is 168 Å². The first-order valence-corrected chi connectivity index (χ1v) is 10.6. The van der Waals surface area contributed by atoms with Gasteiger partial charge in [-0.15, -0.1) is 11.3 Å². The number of hydrogen-bond donors (Lipinski definition) is 2. The predicted molar refractivity (Wildman–Crippen MR) is 109 cm³/mol. The van der Waals surface area contributed by atoms with Crippen molar-refractivity contribution in [1.29, 1.82) is 0 Å². The second-order valence-electron chi connectivity index (χ2n) is 7.18. The van der Waals surface area contributed by atoms with Crippen LogP contribution in [0.1, 0.15) is 41.8 Å². The monoisotopic (exact) mass is 400 g/mol. The molecule has 6 nitrogen and oxygen atoms in total. The molecule has 2 fully saturated rings. The van der Waals surface area contributed by atoms with Gasteiger partial charge in [0.05, 0.1) is 21.7 Å². The lowest BCUT2D eigenvalue weighted by Crippen LogP contribution is -2.26. The number of anilines is 2. The quantitative estimate of drug-likeness (QED) is 0.727. The second kappa shape index (κ2) is 8.75. The number of rotatable bonds is 7. The van der Waals surface area contributed by atoms with Crippen molar-refractivity contribution in [1.82, 2.24) is 0 Å². The van der Waals surface area contributed by atoms with Crippen molar-refractivity contribution in [2.24, 2.45) is 5.92 Å². The lowest BCUT2D eigenvalue weighted by Gasteiger charge is -2.23. The topological polar surface area (TPSA) is 76.7 Å². The zero-order valence-corrected chi connectivity index (χ0v) is 16.4. The van der Waals surface area contributed by atoms with Gasteiger partial charge in [-0.3, -0.25) is 9.59 Å². The molecule has 0 bridgehead atoms. The van der Waals surface area contributed by atoms with E-state index in [1.165, 1.54) is 11.3 Å². The predicted octanol–water partition coefficient (Wildman–Crippen LogP) is 4.30. The molecule has 1 unspecified atom stereocenters. The van der Waals surface area contributed by atoms with Gasteiger partial charge in [0.25, 0.3) is 5.91 Å². The highest BCUT2D eigenvalue weighted by Crippen LogP contribution is 2.32. The van der Waals surface area contributed by atoms with Gasteiger partial charge >= 0.3 is 0 Å². The third-order valence-electron chi connectivity index (χ3n) is 4.86. The molecule has 1 saturated heterocycles. The fraction of sp³-hybridized carbons (Fsp3) is 0.429. The molecule has 1 atom stereocenters. The minimum Gasteiger partial charge on any atom is -0.489 e. The molecule has 148 valence electrons. The van der Waals surface area contributed by atoms with Crippen LogP contribution >= 0.6 is 11.3 Å². The van der Waals surface area contributed by atoms with Crippen molar-refractivity contribution >= 4 is 33.8 Å². The fourth-order valence-corrected chi connectivity index (χ4v) is 3.90. The number of ether oxygens (including phenoxy) is 2. The van der Waals surface area contributed by atoms with Gasteiger partial charge in [0.15, 0.2) is 0 Å². The smallest absolute Gasteiger partial charge is 0.265 e. The van der Waals surface area contributed by atoms with Crippen molar-refractivity contribution in [3.05, 3.63) is 41.3 Å². The summed E-state index contributed by atoms with van der Waals surface area (Å²) in [6.45, 7) is 1.26. The minimum atomic E-state index is -0.220. The van der Waals surface area contributed by atoms with E-state index in [4.69, 9.17) is 9.47 Å². The summed E-state index contributed by atoms with van der Waals surface area (Å²) in [5.41, 5.74) is 0.625. The summed E-state index contributed by atoms with van der Waals surface area (Å²) in [4.78, 5) is 25.0. The number of carbonyl (C=O) groups is 2. The maximum absolute atomic E-state index is 12.6. The van der Waals surface area contributed by atoms with E-state index in [2.05, 4.69) is 10.6 Å². The molecule has 2 amide bonds. The number of nitrogens with one attached hydrogen (secondary N) is 2. The number of para-hydroxylation sites is 2. The summed E-state index contributed by atoms with van der Waals surface area (Å²) < 4.78 is 11.6. The highest BCUT2D eigenvalue weighted by Gasteiger charge is 2.30. The van der Waals surface area contributed by atoms with E-state index in [1.807, 2.05) is 24.3 Å². The van der Waals surface area contributed by atoms with Crippen molar-refractivity contribution in [3.63, 3.8) is 0 Å². The Balaban J connectivity index is 1.36. The van der Waals surface area contributed by atoms with E-state index in [9.17, 15) is 9.59 Å². The Morgan fingerprint density at radius 1 is 1.07 bits per heavy atom. The molecule has 2 heterocycles. The zero-order chi connectivity index (χ0) is 19.3. The summed E-state index contributed by atoms with van der Waals surface area (Å²) in [6, 6.07) is 10.9. The van der Waals surface area contributed by atoms with E-state index in [0.717, 1.165) is 38.7 Å². The molecule has 1 aliphatic carbocycles. The summed E-state index contributed by atoms with van der Waals surface area (Å²) in [7, 11) is 0. The number of hydrogen-bond acceptors (Lipinski definition) is 5. The van der Waals surface area contributed by atoms with Crippen LogP contribution in [0.25, 0.3) is 0 Å². The van der Waals surface area contributed by atoms with Gasteiger partial charge in [0.2, 0.25) is 5.91 Å². The minimum absolute atomic E-state index is 0.0393. The van der Waals surface area contributed by atoms with Crippen LogP contribution in [0.3, 0.4) is 0 Å². The standard InChI is InChI=1S/C21H24N2O4S/c24-20(14-8-9-14)23-19-11-10-18(28-19)21(25)22-16-6-1-2-7-17(16)27-13-15-5-3-4-12-26-15/h1-2,6-7,10-11,14-15H,3-5,8-9,12-13H2,(H,22,25)(H,23,24). The SMILES string of the molecule is O=C(Nc1ccccc1OCC1CCCCO1)c1ccc(NC(=O)C2CC2)s1. The number of thiophene rings is 1. The third-order valence-corrected chi connectivity index (χ3v) is 5.86. The molecule has 0 radical (unpaired) electrons. The lowest BCUT2D eigenvalue weighted by molar-refractivity contribution is -0.117. The fourth-order valence-electron chi connectivity index (χ4n) is 3.10. The van der Waals surface area contributed by atoms with Gasteiger partial charge in [-0.05, 0) is 56.4 Å². The van der Waals surface area contributed by atoms with Crippen molar-refractivity contribution in [2.45, 2.75) is 38.2 Å². The Morgan fingerprint density at radius 3 is 2.71 bits per heavy atom. The van der Waals surface area contributed by atoms with Gasteiger partial charge in [0.1, 0.15) is 12.4 Å². The normalized spacial score (nSPS) is 19.1. The molecule has 2 aromatic rings. The van der Waals surface area contributed by atoms with Crippen LogP contribution in [0.5, 0.6) is 5.75 Å². The van der Waals surface area contributed by atoms with Crippen LogP contribution in [0, 0.1) is 5.92 Å². The molecule has 1 aromatic carbocycles. The van der Waals surface area contributed by atoms with Crippen LogP contribution in [0.4, 0.5) is 10.7 Å². The summed E-state index contributed by atoms with van der Waals surface area (Å²) in [5.74, 6) is 0.583. The lowest BCUT2D eigenvalue weighted by atomic mass is 10.1.